The van der Waals surface area contributed by atoms with Crippen LogP contribution < -0.4 is 10.7 Å². The van der Waals surface area contributed by atoms with Gasteiger partial charge in [0.2, 0.25) is 11.3 Å². The van der Waals surface area contributed by atoms with Crippen molar-refractivity contribution in [2.45, 2.75) is 33.1 Å². The van der Waals surface area contributed by atoms with E-state index in [0.717, 1.165) is 11.3 Å². The highest BCUT2D eigenvalue weighted by molar-refractivity contribution is 5.81. The summed E-state index contributed by atoms with van der Waals surface area (Å²) < 4.78 is 4.73. The third-order valence-corrected chi connectivity index (χ3v) is 4.59. The highest BCUT2D eigenvalue weighted by Crippen LogP contribution is 2.24. The highest BCUT2D eigenvalue weighted by atomic mass is 16.6. The smallest absolute Gasteiger partial charge is 0.245 e. The van der Waals surface area contributed by atoms with Gasteiger partial charge in [0.25, 0.3) is 0 Å². The van der Waals surface area contributed by atoms with Gasteiger partial charge in [-0.2, -0.15) is 10.1 Å². The minimum Gasteiger partial charge on any atom is -0.337 e. The summed E-state index contributed by atoms with van der Waals surface area (Å²) in [6.07, 6.45) is 1.73. The first-order valence-corrected chi connectivity index (χ1v) is 9.62. The molecule has 8 nitrogen and oxygen atoms in total. The Morgan fingerprint density at radius 1 is 0.867 bits per heavy atom. The van der Waals surface area contributed by atoms with Crippen LogP contribution in [0.4, 0.5) is 17.3 Å². The average molecular weight is 401 g/mol. The number of rotatable bonds is 5. The molecule has 8 heteroatoms. The summed E-state index contributed by atoms with van der Waals surface area (Å²) in [4.78, 5) is 8.85. The number of nitrogens with zero attached hydrogens (tertiary/aromatic N) is 5. The maximum atomic E-state index is 4.73. The van der Waals surface area contributed by atoms with Gasteiger partial charge in [-0.3, -0.25) is 5.43 Å². The summed E-state index contributed by atoms with van der Waals surface area (Å²) in [6, 6.07) is 16.2. The first-order valence-electron chi connectivity index (χ1n) is 9.62. The highest BCUT2D eigenvalue weighted by Gasteiger charge is 2.14. The maximum absolute atomic E-state index is 4.73. The normalized spacial score (nSPS) is 11.9. The number of hydrogen-bond donors (Lipinski definition) is 2. The molecular formula is C22H23N7O. The molecule has 4 rings (SSSR count). The van der Waals surface area contributed by atoms with Crippen LogP contribution in [0.1, 0.15) is 37.5 Å². The Morgan fingerprint density at radius 3 is 2.13 bits per heavy atom. The van der Waals surface area contributed by atoms with E-state index in [1.165, 1.54) is 11.1 Å². The van der Waals surface area contributed by atoms with E-state index in [2.05, 4.69) is 69.0 Å². The summed E-state index contributed by atoms with van der Waals surface area (Å²) in [5.74, 6) is 0.892. The fourth-order valence-corrected chi connectivity index (χ4v) is 2.81. The van der Waals surface area contributed by atoms with E-state index >= 15 is 0 Å². The number of anilines is 3. The van der Waals surface area contributed by atoms with E-state index in [9.17, 15) is 0 Å². The second-order valence-corrected chi connectivity index (χ2v) is 8.07. The third-order valence-electron chi connectivity index (χ3n) is 4.59. The summed E-state index contributed by atoms with van der Waals surface area (Å²) in [5.41, 5.74) is 7.96. The molecule has 0 aliphatic rings. The van der Waals surface area contributed by atoms with E-state index in [0.29, 0.717) is 22.9 Å². The molecule has 2 aromatic heterocycles. The van der Waals surface area contributed by atoms with Crippen LogP contribution in [-0.4, -0.2) is 26.5 Å². The third kappa shape index (κ3) is 4.43. The standard InChI is InChI=1S/C22H23N7O/c1-14-5-11-17(12-6-14)24-18-19(26-21-20(25-18)28-30-29-21)27-23-13-15-7-9-16(10-8-15)22(2,3)4/h5-13H,1-4H3,(H,24,25,28)(H,26,27,29). The largest absolute Gasteiger partial charge is 0.337 e. The second kappa shape index (κ2) is 7.90. The first kappa shape index (κ1) is 19.5. The molecule has 0 bridgehead atoms. The lowest BCUT2D eigenvalue weighted by Gasteiger charge is -2.18. The molecule has 30 heavy (non-hydrogen) atoms. The van der Waals surface area contributed by atoms with Gasteiger partial charge in [-0.05, 0) is 45.9 Å². The van der Waals surface area contributed by atoms with Crippen molar-refractivity contribution in [2.24, 2.45) is 5.10 Å². The minimum absolute atomic E-state index is 0.112. The van der Waals surface area contributed by atoms with Crippen molar-refractivity contribution in [1.29, 1.82) is 0 Å². The molecule has 0 atom stereocenters. The number of hydrogen-bond acceptors (Lipinski definition) is 8. The van der Waals surface area contributed by atoms with Crippen molar-refractivity contribution < 1.29 is 4.63 Å². The molecule has 0 radical (unpaired) electrons. The van der Waals surface area contributed by atoms with Crippen LogP contribution in [0.2, 0.25) is 0 Å². The van der Waals surface area contributed by atoms with Crippen molar-refractivity contribution in [3.8, 4) is 0 Å². The molecule has 0 unspecified atom stereocenters. The number of benzene rings is 2. The summed E-state index contributed by atoms with van der Waals surface area (Å²) in [6.45, 7) is 8.60. The van der Waals surface area contributed by atoms with Gasteiger partial charge in [0.1, 0.15) is 0 Å². The Morgan fingerprint density at radius 2 is 1.50 bits per heavy atom. The predicted molar refractivity (Wildman–Crippen MR) is 118 cm³/mol. The lowest BCUT2D eigenvalue weighted by molar-refractivity contribution is 0.314. The van der Waals surface area contributed by atoms with E-state index in [-0.39, 0.29) is 5.41 Å². The molecule has 2 heterocycles. The molecule has 4 aromatic rings. The van der Waals surface area contributed by atoms with Crippen LogP contribution in [0, 0.1) is 6.92 Å². The topological polar surface area (TPSA) is 101 Å². The lowest BCUT2D eigenvalue weighted by atomic mass is 9.87. The van der Waals surface area contributed by atoms with Gasteiger partial charge in [-0.1, -0.05) is 62.7 Å². The number of fused-ring (bicyclic) bond motifs is 1. The quantitative estimate of drug-likeness (QED) is 0.365. The molecule has 0 aliphatic heterocycles. The van der Waals surface area contributed by atoms with Crippen LogP contribution in [0.25, 0.3) is 11.3 Å². The predicted octanol–water partition coefficient (Wildman–Crippen LogP) is 4.81. The van der Waals surface area contributed by atoms with E-state index in [1.807, 2.05) is 43.3 Å². The molecule has 2 N–H and O–H groups in total. The van der Waals surface area contributed by atoms with Crippen LogP contribution in [-0.2, 0) is 5.41 Å². The van der Waals surface area contributed by atoms with Crippen molar-refractivity contribution in [3.63, 3.8) is 0 Å². The van der Waals surface area contributed by atoms with Gasteiger partial charge in [-0.15, -0.1) is 0 Å². The molecular weight excluding hydrogens is 378 g/mol. The zero-order valence-electron chi connectivity index (χ0n) is 17.3. The van der Waals surface area contributed by atoms with E-state index in [1.54, 1.807) is 6.21 Å². The average Bonchev–Trinajstić information content (AvgIpc) is 3.17. The first-order chi connectivity index (χ1) is 14.4. The summed E-state index contributed by atoms with van der Waals surface area (Å²) in [7, 11) is 0. The molecule has 0 aliphatic carbocycles. The Kier molecular flexibility index (Phi) is 5.14. The van der Waals surface area contributed by atoms with Crippen molar-refractivity contribution in [3.05, 3.63) is 65.2 Å². The van der Waals surface area contributed by atoms with Gasteiger partial charge < -0.3 is 5.32 Å². The fraction of sp³-hybridized carbons (Fsp3) is 0.227. The lowest BCUT2D eigenvalue weighted by Crippen LogP contribution is -2.10. The molecule has 0 saturated carbocycles. The second-order valence-electron chi connectivity index (χ2n) is 8.07. The number of nitrogens with one attached hydrogen (secondary N) is 2. The van der Waals surface area contributed by atoms with Crippen molar-refractivity contribution in [1.82, 2.24) is 20.3 Å². The maximum Gasteiger partial charge on any atom is 0.245 e. The molecule has 0 amide bonds. The van der Waals surface area contributed by atoms with Gasteiger partial charge in [0, 0.05) is 5.69 Å². The number of hydrazone groups is 1. The summed E-state index contributed by atoms with van der Waals surface area (Å²) in [5, 5.41) is 15.1. The van der Waals surface area contributed by atoms with Crippen LogP contribution in [0.5, 0.6) is 0 Å². The van der Waals surface area contributed by atoms with Crippen LogP contribution in [0.15, 0.2) is 58.3 Å². The van der Waals surface area contributed by atoms with Gasteiger partial charge >= 0.3 is 0 Å². The van der Waals surface area contributed by atoms with Crippen LogP contribution in [0.3, 0.4) is 0 Å². The van der Waals surface area contributed by atoms with Gasteiger partial charge in [0.05, 0.1) is 6.21 Å². The Balaban J connectivity index is 1.56. The number of aromatic nitrogens is 4. The molecule has 0 spiro atoms. The molecule has 152 valence electrons. The molecule has 0 fully saturated rings. The molecule has 0 saturated heterocycles. The Bertz CT molecular complexity index is 1170. The van der Waals surface area contributed by atoms with Crippen LogP contribution >= 0.6 is 0 Å². The Labute approximate surface area is 174 Å². The Hall–Kier alpha value is -3.81. The van der Waals surface area contributed by atoms with Gasteiger partial charge in [0.15, 0.2) is 11.6 Å². The van der Waals surface area contributed by atoms with Crippen molar-refractivity contribution >= 4 is 34.8 Å². The van der Waals surface area contributed by atoms with E-state index in [4.69, 9.17) is 4.63 Å². The summed E-state index contributed by atoms with van der Waals surface area (Å²) >= 11 is 0. The SMILES string of the molecule is Cc1ccc(Nc2nc3nonc3nc2NN=Cc2ccc(C(C)(C)C)cc2)cc1. The zero-order valence-corrected chi connectivity index (χ0v) is 17.3. The minimum atomic E-state index is 0.112. The molecule has 2 aromatic carbocycles. The van der Waals surface area contributed by atoms with Gasteiger partial charge in [-0.25, -0.2) is 9.61 Å². The van der Waals surface area contributed by atoms with Crippen molar-refractivity contribution in [2.75, 3.05) is 10.7 Å². The number of aryl methyl sites for hydroxylation is 1. The van der Waals surface area contributed by atoms with E-state index < -0.39 is 0 Å². The fourth-order valence-electron chi connectivity index (χ4n) is 2.81. The monoisotopic (exact) mass is 401 g/mol. The zero-order chi connectivity index (χ0) is 21.1.